The number of nitrogens with one attached hydrogen (secondary N) is 3. The molecule has 0 aliphatic carbocycles. The first kappa shape index (κ1) is 48.1. The van der Waals surface area contributed by atoms with Crippen LogP contribution in [0.2, 0.25) is 0 Å². The van der Waals surface area contributed by atoms with Crippen molar-refractivity contribution < 1.29 is 23.7 Å². The third kappa shape index (κ3) is 17.5. The average molecular weight is 913 g/mol. The number of methoxy groups -OCH3 is 4. The Bertz CT molecular complexity index is 2510. The van der Waals surface area contributed by atoms with E-state index in [0.717, 1.165) is 39.5 Å². The van der Waals surface area contributed by atoms with Gasteiger partial charge in [0.05, 0.1) is 28.4 Å². The van der Waals surface area contributed by atoms with Gasteiger partial charge in [-0.25, -0.2) is 10.8 Å². The van der Waals surface area contributed by atoms with E-state index >= 15 is 0 Å². The van der Waals surface area contributed by atoms with Crippen LogP contribution in [0.15, 0.2) is 174 Å². The largest absolute Gasteiger partial charge is 0.481 e. The SMILES string of the molecule is COc1ccc2c(-c3ccccc3)c[nH]c2n1.COc1cccc(Br)n1.COc1cccc(N/N=C/Cc2ccccc2)n1.COc1cccc(NN)n1.O=CCc1ccccc1. The number of ether oxygens (including phenoxy) is 4. The molecular formula is C48H50BrN9O5. The fourth-order valence-electron chi connectivity index (χ4n) is 5.25. The Morgan fingerprint density at radius 3 is 1.63 bits per heavy atom. The number of aromatic amines is 1. The zero-order chi connectivity index (χ0) is 44.9. The number of hydrogen-bond donors (Lipinski definition) is 4. The molecule has 15 heteroatoms. The summed E-state index contributed by atoms with van der Waals surface area (Å²) < 4.78 is 20.6. The van der Waals surface area contributed by atoms with Crippen LogP contribution >= 0.6 is 15.9 Å². The van der Waals surface area contributed by atoms with Gasteiger partial charge in [0.25, 0.3) is 0 Å². The van der Waals surface area contributed by atoms with Gasteiger partial charge in [-0.15, -0.1) is 0 Å². The van der Waals surface area contributed by atoms with Gasteiger partial charge in [0.1, 0.15) is 28.2 Å². The normalized spacial score (nSPS) is 9.87. The van der Waals surface area contributed by atoms with E-state index in [1.807, 2.05) is 116 Å². The van der Waals surface area contributed by atoms with Crippen molar-refractivity contribution in [1.29, 1.82) is 0 Å². The highest BCUT2D eigenvalue weighted by atomic mass is 79.9. The Kier molecular flexibility index (Phi) is 21.4. The van der Waals surface area contributed by atoms with Crippen molar-refractivity contribution in [3.63, 3.8) is 0 Å². The number of nitrogens with zero attached hydrogens (tertiary/aromatic N) is 5. The van der Waals surface area contributed by atoms with Crippen LogP contribution in [0.25, 0.3) is 22.2 Å². The Hall–Kier alpha value is -7.62. The van der Waals surface area contributed by atoms with E-state index in [1.54, 1.807) is 58.8 Å². The lowest BCUT2D eigenvalue weighted by Gasteiger charge is -2.01. The molecule has 0 fully saturated rings. The summed E-state index contributed by atoms with van der Waals surface area (Å²) in [6.45, 7) is 0. The lowest BCUT2D eigenvalue weighted by atomic mass is 10.1. The number of hydrazone groups is 1. The minimum atomic E-state index is 0.529. The number of aromatic nitrogens is 5. The third-order valence-corrected chi connectivity index (χ3v) is 8.76. The van der Waals surface area contributed by atoms with Crippen LogP contribution in [0.1, 0.15) is 11.1 Å². The highest BCUT2D eigenvalue weighted by Gasteiger charge is 2.07. The number of nitrogen functional groups attached to an aromatic ring is 1. The molecule has 0 bridgehead atoms. The molecule has 8 aromatic rings. The number of halogens is 1. The highest BCUT2D eigenvalue weighted by Crippen LogP contribution is 2.28. The second-order valence-electron chi connectivity index (χ2n) is 12.6. The lowest BCUT2D eigenvalue weighted by Crippen LogP contribution is -2.08. The Balaban J connectivity index is 0.000000179. The first-order valence-corrected chi connectivity index (χ1v) is 20.2. The monoisotopic (exact) mass is 911 g/mol. The van der Waals surface area contributed by atoms with Gasteiger partial charge >= 0.3 is 0 Å². The molecule has 5 N–H and O–H groups in total. The molecule has 14 nitrogen and oxygen atoms in total. The third-order valence-electron chi connectivity index (χ3n) is 8.32. The Labute approximate surface area is 375 Å². The molecule has 0 radical (unpaired) electrons. The number of H-pyrrole nitrogens is 1. The quantitative estimate of drug-likeness (QED) is 0.0300. The van der Waals surface area contributed by atoms with Crippen LogP contribution in [-0.4, -0.2) is 65.9 Å². The number of hydrogen-bond acceptors (Lipinski definition) is 13. The topological polar surface area (TPSA) is 184 Å². The van der Waals surface area contributed by atoms with E-state index in [2.05, 4.69) is 81.1 Å². The Morgan fingerprint density at radius 1 is 0.587 bits per heavy atom. The molecule has 0 atom stereocenters. The van der Waals surface area contributed by atoms with E-state index in [1.165, 1.54) is 11.1 Å². The van der Waals surface area contributed by atoms with E-state index in [9.17, 15) is 4.79 Å². The van der Waals surface area contributed by atoms with Gasteiger partial charge in [0.15, 0.2) is 0 Å². The molecular weight excluding hydrogens is 862 g/mol. The summed E-state index contributed by atoms with van der Waals surface area (Å²) in [7, 11) is 6.36. The number of carbonyl (C=O) groups is 1. The Morgan fingerprint density at radius 2 is 1.10 bits per heavy atom. The van der Waals surface area contributed by atoms with Crippen molar-refractivity contribution in [1.82, 2.24) is 24.9 Å². The average Bonchev–Trinajstić information content (AvgIpc) is 3.78. The number of nitrogens with two attached hydrogens (primary N) is 1. The number of rotatable bonds is 12. The molecule has 0 saturated carbocycles. The standard InChI is InChI=1S/C14H15N3O.C14H12N2O.C8H8O.C6H6BrNO.C6H9N3O/c1-18-14-9-5-8-13(16-14)17-15-11-10-12-6-3-2-4-7-12;1-17-13-8-7-11-12(9-15-14(11)16-13)10-5-3-2-4-6-10;9-7-6-8-4-2-1-3-5-8;1-9-6-4-2-3-5(7)8-6;1-10-6-4-2-3-5(8-6)9-7/h2-9,11H,10H2,1H3,(H,16,17);2-9H,1H3,(H,15,16);1-5,7H,6H2;2-4H,1H3;2-4H,7H2,1H3,(H,8,9)/b15-11+;;;;. The summed E-state index contributed by atoms with van der Waals surface area (Å²) in [5.41, 5.74) is 10.8. The molecule has 324 valence electrons. The van der Waals surface area contributed by atoms with Crippen LogP contribution in [0, 0.1) is 0 Å². The van der Waals surface area contributed by atoms with Crippen molar-refractivity contribution in [3.8, 4) is 34.6 Å². The van der Waals surface area contributed by atoms with Gasteiger partial charge in [0, 0.05) is 60.5 Å². The minimum absolute atomic E-state index is 0.529. The number of anilines is 2. The number of benzene rings is 3. The molecule has 0 unspecified atom stereocenters. The summed E-state index contributed by atoms with van der Waals surface area (Å²) in [5, 5.41) is 5.23. The molecule has 0 saturated heterocycles. The maximum Gasteiger partial charge on any atom is 0.214 e. The van der Waals surface area contributed by atoms with Gasteiger partial charge in [-0.1, -0.05) is 109 Å². The maximum absolute atomic E-state index is 9.97. The number of aldehydes is 1. The zero-order valence-corrected chi connectivity index (χ0v) is 37.0. The van der Waals surface area contributed by atoms with Gasteiger partial charge in [-0.3, -0.25) is 5.43 Å². The molecule has 8 rings (SSSR count). The zero-order valence-electron chi connectivity index (χ0n) is 35.4. The second kappa shape index (κ2) is 28.0. The summed E-state index contributed by atoms with van der Waals surface area (Å²) in [6.07, 6.45) is 6.02. The minimum Gasteiger partial charge on any atom is -0.481 e. The molecule has 3 aromatic carbocycles. The highest BCUT2D eigenvalue weighted by molar-refractivity contribution is 9.10. The maximum atomic E-state index is 9.97. The van der Waals surface area contributed by atoms with Crippen LogP contribution in [0.3, 0.4) is 0 Å². The van der Waals surface area contributed by atoms with Crippen molar-refractivity contribution in [2.75, 3.05) is 39.3 Å². The fourth-order valence-corrected chi connectivity index (χ4v) is 5.57. The fraction of sp³-hybridized carbons (Fsp3) is 0.125. The first-order valence-electron chi connectivity index (χ1n) is 19.4. The van der Waals surface area contributed by atoms with Gasteiger partial charge in [-0.05, 0) is 56.9 Å². The van der Waals surface area contributed by atoms with E-state index in [-0.39, 0.29) is 0 Å². The summed E-state index contributed by atoms with van der Waals surface area (Å²) >= 11 is 3.21. The van der Waals surface area contributed by atoms with E-state index < -0.39 is 0 Å². The van der Waals surface area contributed by atoms with Crippen LogP contribution < -0.4 is 35.6 Å². The van der Waals surface area contributed by atoms with Crippen LogP contribution in [0.5, 0.6) is 23.5 Å². The summed E-state index contributed by atoms with van der Waals surface area (Å²) in [5.74, 6) is 8.74. The molecule has 5 aromatic heterocycles. The molecule has 63 heavy (non-hydrogen) atoms. The van der Waals surface area contributed by atoms with Crippen molar-refractivity contribution in [2.24, 2.45) is 10.9 Å². The van der Waals surface area contributed by atoms with Gasteiger partial charge in [0.2, 0.25) is 23.5 Å². The predicted octanol–water partition coefficient (Wildman–Crippen LogP) is 9.63. The smallest absolute Gasteiger partial charge is 0.214 e. The number of hydrazine groups is 1. The molecule has 0 aliphatic rings. The molecule has 0 spiro atoms. The van der Waals surface area contributed by atoms with Crippen LogP contribution in [-0.2, 0) is 17.6 Å². The lowest BCUT2D eigenvalue weighted by molar-refractivity contribution is -0.107. The van der Waals surface area contributed by atoms with Crippen molar-refractivity contribution in [2.45, 2.75) is 12.8 Å². The summed E-state index contributed by atoms with van der Waals surface area (Å²) in [4.78, 5) is 29.6. The number of fused-ring (bicyclic) bond motifs is 1. The molecule has 0 aliphatic heterocycles. The molecule has 0 amide bonds. The number of pyridine rings is 4. The van der Waals surface area contributed by atoms with E-state index in [0.29, 0.717) is 41.6 Å². The van der Waals surface area contributed by atoms with Crippen molar-refractivity contribution >= 4 is 51.1 Å². The van der Waals surface area contributed by atoms with E-state index in [4.69, 9.17) is 24.8 Å². The van der Waals surface area contributed by atoms with Gasteiger partial charge in [-0.2, -0.15) is 20.1 Å². The second-order valence-corrected chi connectivity index (χ2v) is 13.4. The predicted molar refractivity (Wildman–Crippen MR) is 254 cm³/mol. The molecule has 5 heterocycles. The first-order chi connectivity index (χ1) is 30.9. The van der Waals surface area contributed by atoms with Gasteiger partial charge < -0.3 is 34.2 Å². The van der Waals surface area contributed by atoms with Crippen molar-refractivity contribution in [3.05, 3.63) is 180 Å². The summed E-state index contributed by atoms with van der Waals surface area (Å²) in [6, 6.07) is 50.3. The van der Waals surface area contributed by atoms with Crippen LogP contribution in [0.4, 0.5) is 11.6 Å². The number of carbonyl (C=O) groups excluding carboxylic acids is 1.